The largest absolute Gasteiger partial charge is 0.320 e. The first-order valence-electron chi connectivity index (χ1n) is 7.37. The predicted molar refractivity (Wildman–Crippen MR) is 78.0 cm³/mol. The highest BCUT2D eigenvalue weighted by Gasteiger charge is 2.40. The quantitative estimate of drug-likeness (QED) is 0.875. The molecular formula is C16H22F2N2O. The maximum atomic E-state index is 12.7. The second kappa shape index (κ2) is 6.98. The number of hydrogen-bond donors (Lipinski definition) is 1. The summed E-state index contributed by atoms with van der Waals surface area (Å²) < 4.78 is 25.3. The van der Waals surface area contributed by atoms with Crippen LogP contribution in [0.5, 0.6) is 0 Å². The Hall–Kier alpha value is -1.49. The molecule has 1 aliphatic heterocycles. The summed E-state index contributed by atoms with van der Waals surface area (Å²) in [4.78, 5) is 13.6. The van der Waals surface area contributed by atoms with Gasteiger partial charge in [0.2, 0.25) is 5.91 Å². The molecule has 2 rings (SSSR count). The number of hydrogen-bond acceptors (Lipinski definition) is 2. The molecule has 2 unspecified atom stereocenters. The zero-order valence-corrected chi connectivity index (χ0v) is 12.4. The molecule has 1 amide bonds. The number of carbonyl (C=O) groups is 1. The first-order valence-corrected chi connectivity index (χ1v) is 7.37. The second-order valence-electron chi connectivity index (χ2n) is 5.81. The van der Waals surface area contributed by atoms with Crippen LogP contribution in [0.1, 0.15) is 25.8 Å². The van der Waals surface area contributed by atoms with Gasteiger partial charge >= 0.3 is 0 Å². The number of aryl methyl sites for hydroxylation is 1. The van der Waals surface area contributed by atoms with Crippen LogP contribution >= 0.6 is 0 Å². The third-order valence-corrected chi connectivity index (χ3v) is 3.82. The van der Waals surface area contributed by atoms with Gasteiger partial charge in [0.15, 0.2) is 0 Å². The highest BCUT2D eigenvalue weighted by atomic mass is 19.3. The minimum absolute atomic E-state index is 0.106. The maximum absolute atomic E-state index is 12.7. The summed E-state index contributed by atoms with van der Waals surface area (Å²) in [5, 5.41) is 3.21. The molecule has 0 aromatic heterocycles. The molecule has 0 bridgehead atoms. The first kappa shape index (κ1) is 15.9. The Morgan fingerprint density at radius 3 is 2.48 bits per heavy atom. The van der Waals surface area contributed by atoms with E-state index in [1.54, 1.807) is 0 Å². The molecule has 2 atom stereocenters. The fourth-order valence-corrected chi connectivity index (χ4v) is 2.77. The first-order chi connectivity index (χ1) is 9.99. The average molecular weight is 296 g/mol. The number of halogens is 2. The van der Waals surface area contributed by atoms with E-state index >= 15 is 0 Å². The Kier molecular flexibility index (Phi) is 5.28. The van der Waals surface area contributed by atoms with Gasteiger partial charge in [0.25, 0.3) is 6.43 Å². The van der Waals surface area contributed by atoms with Gasteiger partial charge in [-0.05, 0) is 24.3 Å². The highest BCUT2D eigenvalue weighted by molar-refractivity contribution is 5.84. The van der Waals surface area contributed by atoms with Crippen molar-refractivity contribution in [2.24, 2.45) is 5.92 Å². The van der Waals surface area contributed by atoms with Crippen molar-refractivity contribution in [1.29, 1.82) is 0 Å². The van der Waals surface area contributed by atoms with Gasteiger partial charge in [0.1, 0.15) is 0 Å². The number of carbonyl (C=O) groups excluding carboxylic acids is 1. The normalized spacial score (nSPS) is 22.6. The van der Waals surface area contributed by atoms with Crippen molar-refractivity contribution in [3.05, 3.63) is 35.9 Å². The van der Waals surface area contributed by atoms with Crippen molar-refractivity contribution >= 4 is 5.91 Å². The molecule has 1 aromatic rings. The zero-order valence-electron chi connectivity index (χ0n) is 12.4. The second-order valence-corrected chi connectivity index (χ2v) is 5.81. The Balaban J connectivity index is 1.99. The van der Waals surface area contributed by atoms with Gasteiger partial charge in [-0.15, -0.1) is 0 Å². The number of alkyl halides is 2. The number of benzene rings is 1. The van der Waals surface area contributed by atoms with E-state index in [1.807, 2.05) is 44.2 Å². The van der Waals surface area contributed by atoms with Crippen LogP contribution in [-0.2, 0) is 11.2 Å². The minimum Gasteiger partial charge on any atom is -0.320 e. The smallest absolute Gasteiger partial charge is 0.255 e. The van der Waals surface area contributed by atoms with Crippen molar-refractivity contribution in [2.45, 2.75) is 45.3 Å². The molecule has 1 aromatic carbocycles. The summed E-state index contributed by atoms with van der Waals surface area (Å²) in [5.74, 6) is -0.0978. The summed E-state index contributed by atoms with van der Waals surface area (Å²) in [6.45, 7) is 3.38. The van der Waals surface area contributed by atoms with Crippen LogP contribution in [0.15, 0.2) is 30.3 Å². The molecule has 1 saturated heterocycles. The molecule has 0 spiro atoms. The van der Waals surface area contributed by atoms with Crippen LogP contribution in [-0.4, -0.2) is 36.0 Å². The summed E-state index contributed by atoms with van der Waals surface area (Å²) >= 11 is 0. The Morgan fingerprint density at radius 1 is 1.24 bits per heavy atom. The minimum atomic E-state index is -2.50. The number of nitrogens with zero attached hydrogens (tertiary/aromatic N) is 1. The fraction of sp³-hybridized carbons (Fsp3) is 0.562. The molecule has 1 aliphatic rings. The van der Waals surface area contributed by atoms with E-state index in [2.05, 4.69) is 5.32 Å². The average Bonchev–Trinajstić information content (AvgIpc) is 2.75. The van der Waals surface area contributed by atoms with Gasteiger partial charge in [-0.2, -0.15) is 0 Å². The SMILES string of the molecule is CC(C)C1NC(CCc2ccccc2)C(=O)N1CC(F)F. The summed E-state index contributed by atoms with van der Waals surface area (Å²) in [6.07, 6.45) is -1.40. The van der Waals surface area contributed by atoms with Gasteiger partial charge in [0.05, 0.1) is 18.8 Å². The van der Waals surface area contributed by atoms with E-state index in [4.69, 9.17) is 0 Å². The third kappa shape index (κ3) is 4.00. The van der Waals surface area contributed by atoms with Gasteiger partial charge in [-0.1, -0.05) is 44.2 Å². The molecule has 0 radical (unpaired) electrons. The van der Waals surface area contributed by atoms with Gasteiger partial charge in [-0.25, -0.2) is 8.78 Å². The van der Waals surface area contributed by atoms with Crippen molar-refractivity contribution in [1.82, 2.24) is 10.2 Å². The Labute approximate surface area is 124 Å². The molecule has 0 saturated carbocycles. The zero-order chi connectivity index (χ0) is 15.4. The van der Waals surface area contributed by atoms with Crippen LogP contribution in [0.25, 0.3) is 0 Å². The molecule has 3 nitrogen and oxygen atoms in total. The summed E-state index contributed by atoms with van der Waals surface area (Å²) in [6, 6.07) is 9.52. The molecule has 0 aliphatic carbocycles. The lowest BCUT2D eigenvalue weighted by molar-refractivity contribution is -0.132. The van der Waals surface area contributed by atoms with Crippen LogP contribution in [0.4, 0.5) is 8.78 Å². The van der Waals surface area contributed by atoms with Crippen molar-refractivity contribution in [3.63, 3.8) is 0 Å². The standard InChI is InChI=1S/C16H22F2N2O/c1-11(2)15-19-13(16(21)20(15)10-14(17)18)9-8-12-6-4-3-5-7-12/h3-7,11,13-15,19H,8-10H2,1-2H3. The third-order valence-electron chi connectivity index (χ3n) is 3.82. The van der Waals surface area contributed by atoms with Gasteiger partial charge < -0.3 is 4.90 Å². The number of rotatable bonds is 6. The van der Waals surface area contributed by atoms with E-state index in [1.165, 1.54) is 4.90 Å². The molecule has 1 N–H and O–H groups in total. The Bertz CT molecular complexity index is 465. The highest BCUT2D eigenvalue weighted by Crippen LogP contribution is 2.21. The van der Waals surface area contributed by atoms with Crippen molar-refractivity contribution in [3.8, 4) is 0 Å². The number of amides is 1. The van der Waals surface area contributed by atoms with Crippen LogP contribution in [0.2, 0.25) is 0 Å². The van der Waals surface area contributed by atoms with Crippen molar-refractivity contribution < 1.29 is 13.6 Å². The summed E-state index contributed by atoms with van der Waals surface area (Å²) in [5.41, 5.74) is 1.15. The van der Waals surface area contributed by atoms with E-state index < -0.39 is 13.0 Å². The molecule has 1 heterocycles. The predicted octanol–water partition coefficient (Wildman–Crippen LogP) is 2.67. The lowest BCUT2D eigenvalue weighted by Crippen LogP contribution is -2.43. The van der Waals surface area contributed by atoms with E-state index in [0.717, 1.165) is 12.0 Å². The Morgan fingerprint density at radius 2 is 1.90 bits per heavy atom. The van der Waals surface area contributed by atoms with Crippen LogP contribution in [0, 0.1) is 5.92 Å². The topological polar surface area (TPSA) is 32.3 Å². The lowest BCUT2D eigenvalue weighted by atomic mass is 10.1. The lowest BCUT2D eigenvalue weighted by Gasteiger charge is -2.26. The van der Waals surface area contributed by atoms with Gasteiger partial charge in [-0.3, -0.25) is 10.1 Å². The van der Waals surface area contributed by atoms with Gasteiger partial charge in [0, 0.05) is 0 Å². The molecule has 1 fully saturated rings. The molecule has 5 heteroatoms. The molecule has 116 valence electrons. The maximum Gasteiger partial charge on any atom is 0.255 e. The fourth-order valence-electron chi connectivity index (χ4n) is 2.77. The van der Waals surface area contributed by atoms with Crippen LogP contribution in [0.3, 0.4) is 0 Å². The molecular weight excluding hydrogens is 274 g/mol. The van der Waals surface area contributed by atoms with E-state index in [0.29, 0.717) is 6.42 Å². The van der Waals surface area contributed by atoms with Crippen LogP contribution < -0.4 is 5.32 Å². The number of nitrogens with one attached hydrogen (secondary N) is 1. The van der Waals surface area contributed by atoms with E-state index in [9.17, 15) is 13.6 Å². The van der Waals surface area contributed by atoms with E-state index in [-0.39, 0.29) is 24.0 Å². The van der Waals surface area contributed by atoms with Crippen molar-refractivity contribution in [2.75, 3.05) is 6.54 Å². The summed E-state index contributed by atoms with van der Waals surface area (Å²) in [7, 11) is 0. The monoisotopic (exact) mass is 296 g/mol. The molecule has 21 heavy (non-hydrogen) atoms.